The van der Waals surface area contributed by atoms with Gasteiger partial charge in [0.1, 0.15) is 12.2 Å². The van der Waals surface area contributed by atoms with Crippen molar-refractivity contribution in [3.8, 4) is 0 Å². The predicted octanol–water partition coefficient (Wildman–Crippen LogP) is -2.40. The fourth-order valence-electron chi connectivity index (χ4n) is 1.46. The van der Waals surface area contributed by atoms with E-state index < -0.39 is 48.9 Å². The first-order valence-electron chi connectivity index (χ1n) is 4.50. The third kappa shape index (κ3) is 2.47. The smallest absolute Gasteiger partial charge is 0.317 e. The highest BCUT2D eigenvalue weighted by Gasteiger charge is 2.44. The molecule has 0 aromatic rings. The molecule has 0 aromatic carbocycles. The molecule has 1 aliphatic rings. The molecule has 1 aliphatic heterocycles. The molecule has 1 saturated heterocycles. The SMILES string of the molecule is O=C(O)C(C[C@H]1OC(O)[C@@H](O)[C@@H]1O)C(=O)O. The molecular weight excluding hydrogens is 224 g/mol. The van der Waals surface area contributed by atoms with Gasteiger partial charge in [-0.1, -0.05) is 0 Å². The van der Waals surface area contributed by atoms with Gasteiger partial charge in [0.2, 0.25) is 0 Å². The van der Waals surface area contributed by atoms with Gasteiger partial charge in [0, 0.05) is 6.42 Å². The highest BCUT2D eigenvalue weighted by atomic mass is 16.6. The Balaban J connectivity index is 2.66. The summed E-state index contributed by atoms with van der Waals surface area (Å²) < 4.78 is 4.65. The van der Waals surface area contributed by atoms with Crippen LogP contribution >= 0.6 is 0 Å². The number of hydrogen-bond acceptors (Lipinski definition) is 6. The molecule has 92 valence electrons. The van der Waals surface area contributed by atoms with E-state index in [4.69, 9.17) is 20.4 Å². The number of rotatable bonds is 4. The van der Waals surface area contributed by atoms with E-state index in [-0.39, 0.29) is 0 Å². The second-order valence-electron chi connectivity index (χ2n) is 3.51. The maximum absolute atomic E-state index is 10.6. The fourth-order valence-corrected chi connectivity index (χ4v) is 1.46. The molecule has 16 heavy (non-hydrogen) atoms. The van der Waals surface area contributed by atoms with Gasteiger partial charge in [-0.2, -0.15) is 0 Å². The quantitative estimate of drug-likeness (QED) is 0.340. The van der Waals surface area contributed by atoms with Crippen molar-refractivity contribution in [2.24, 2.45) is 5.92 Å². The Bertz CT molecular complexity index is 276. The van der Waals surface area contributed by atoms with Gasteiger partial charge in [0.15, 0.2) is 12.2 Å². The van der Waals surface area contributed by atoms with Crippen molar-refractivity contribution in [1.82, 2.24) is 0 Å². The molecule has 0 bridgehead atoms. The van der Waals surface area contributed by atoms with Gasteiger partial charge >= 0.3 is 11.9 Å². The van der Waals surface area contributed by atoms with E-state index in [2.05, 4.69) is 4.74 Å². The van der Waals surface area contributed by atoms with E-state index in [1.54, 1.807) is 0 Å². The first-order chi connectivity index (χ1) is 7.34. The van der Waals surface area contributed by atoms with Crippen LogP contribution in [0.5, 0.6) is 0 Å². The molecule has 4 atom stereocenters. The molecule has 1 unspecified atom stereocenters. The molecule has 1 fully saturated rings. The number of carbonyl (C=O) groups is 2. The Morgan fingerprint density at radius 2 is 1.56 bits per heavy atom. The molecular formula is C8H12O8. The summed E-state index contributed by atoms with van der Waals surface area (Å²) >= 11 is 0. The van der Waals surface area contributed by atoms with Crippen LogP contribution < -0.4 is 0 Å². The lowest BCUT2D eigenvalue weighted by Gasteiger charge is -2.16. The van der Waals surface area contributed by atoms with Crippen LogP contribution in [0.2, 0.25) is 0 Å². The first-order valence-corrected chi connectivity index (χ1v) is 4.50. The largest absolute Gasteiger partial charge is 0.481 e. The van der Waals surface area contributed by atoms with Gasteiger partial charge in [-0.15, -0.1) is 0 Å². The highest BCUT2D eigenvalue weighted by molar-refractivity contribution is 5.92. The zero-order valence-electron chi connectivity index (χ0n) is 8.05. The topological polar surface area (TPSA) is 145 Å². The van der Waals surface area contributed by atoms with Crippen LogP contribution in [0.25, 0.3) is 0 Å². The fraction of sp³-hybridized carbons (Fsp3) is 0.750. The second kappa shape index (κ2) is 4.74. The minimum absolute atomic E-state index is 0.528. The molecule has 0 aromatic heterocycles. The van der Waals surface area contributed by atoms with Crippen molar-refractivity contribution in [2.45, 2.75) is 31.0 Å². The summed E-state index contributed by atoms with van der Waals surface area (Å²) in [5, 5.41) is 44.6. The Morgan fingerprint density at radius 3 is 1.88 bits per heavy atom. The monoisotopic (exact) mass is 236 g/mol. The normalized spacial score (nSPS) is 34.2. The van der Waals surface area contributed by atoms with Crippen LogP contribution in [0.1, 0.15) is 6.42 Å². The summed E-state index contributed by atoms with van der Waals surface area (Å²) in [4.78, 5) is 21.1. The number of ether oxygens (including phenoxy) is 1. The maximum Gasteiger partial charge on any atom is 0.317 e. The number of aliphatic carboxylic acids is 2. The summed E-state index contributed by atoms with van der Waals surface area (Å²) in [6, 6.07) is 0. The molecule has 8 nitrogen and oxygen atoms in total. The van der Waals surface area contributed by atoms with Crippen molar-refractivity contribution >= 4 is 11.9 Å². The van der Waals surface area contributed by atoms with E-state index in [0.717, 1.165) is 0 Å². The molecule has 0 saturated carbocycles. The van der Waals surface area contributed by atoms with Gasteiger partial charge in [0.25, 0.3) is 0 Å². The number of carboxylic acid groups (broad SMARTS) is 2. The zero-order valence-corrected chi connectivity index (χ0v) is 8.05. The van der Waals surface area contributed by atoms with Crippen LogP contribution in [0.15, 0.2) is 0 Å². The number of carboxylic acids is 2. The Morgan fingerprint density at radius 1 is 1.06 bits per heavy atom. The molecule has 1 rings (SSSR count). The summed E-state index contributed by atoms with van der Waals surface area (Å²) in [5.74, 6) is -4.89. The lowest BCUT2D eigenvalue weighted by atomic mass is 9.98. The van der Waals surface area contributed by atoms with Crippen molar-refractivity contribution in [3.63, 3.8) is 0 Å². The van der Waals surface area contributed by atoms with Crippen molar-refractivity contribution in [1.29, 1.82) is 0 Å². The Hall–Kier alpha value is -1.22. The van der Waals surface area contributed by atoms with Crippen LogP contribution in [0, 0.1) is 5.92 Å². The summed E-state index contributed by atoms with van der Waals surface area (Å²) in [6.45, 7) is 0. The van der Waals surface area contributed by atoms with E-state index in [1.165, 1.54) is 0 Å². The minimum Gasteiger partial charge on any atom is -0.481 e. The van der Waals surface area contributed by atoms with E-state index >= 15 is 0 Å². The minimum atomic E-state index is -1.75. The predicted molar refractivity (Wildman–Crippen MR) is 46.3 cm³/mol. The van der Waals surface area contributed by atoms with Gasteiger partial charge in [0.05, 0.1) is 6.10 Å². The van der Waals surface area contributed by atoms with Gasteiger partial charge < -0.3 is 30.3 Å². The third-order valence-corrected chi connectivity index (χ3v) is 2.40. The molecule has 1 heterocycles. The van der Waals surface area contributed by atoms with Gasteiger partial charge in [-0.3, -0.25) is 9.59 Å². The lowest BCUT2D eigenvalue weighted by Crippen LogP contribution is -2.35. The lowest BCUT2D eigenvalue weighted by molar-refractivity contribution is -0.160. The summed E-state index contributed by atoms with van der Waals surface area (Å²) in [5.41, 5.74) is 0. The van der Waals surface area contributed by atoms with Crippen LogP contribution in [0.4, 0.5) is 0 Å². The van der Waals surface area contributed by atoms with Gasteiger partial charge in [-0.25, -0.2) is 0 Å². The molecule has 0 aliphatic carbocycles. The Labute approximate surface area is 89.7 Å². The van der Waals surface area contributed by atoms with E-state index in [0.29, 0.717) is 0 Å². The van der Waals surface area contributed by atoms with Crippen LogP contribution in [-0.2, 0) is 14.3 Å². The number of hydrogen-bond donors (Lipinski definition) is 5. The Kier molecular flexibility index (Phi) is 3.81. The molecule has 0 radical (unpaired) electrons. The van der Waals surface area contributed by atoms with Crippen LogP contribution in [-0.4, -0.2) is 62.1 Å². The maximum atomic E-state index is 10.6. The second-order valence-corrected chi connectivity index (χ2v) is 3.51. The van der Waals surface area contributed by atoms with Crippen LogP contribution in [0.3, 0.4) is 0 Å². The average molecular weight is 236 g/mol. The average Bonchev–Trinajstić information content (AvgIpc) is 2.41. The zero-order chi connectivity index (χ0) is 12.5. The summed E-state index contributed by atoms with van der Waals surface area (Å²) in [6.07, 6.45) is -6.45. The molecule has 0 amide bonds. The van der Waals surface area contributed by atoms with Crippen molar-refractivity contribution in [3.05, 3.63) is 0 Å². The number of aliphatic hydroxyl groups excluding tert-OH is 3. The van der Waals surface area contributed by atoms with Crippen molar-refractivity contribution in [2.75, 3.05) is 0 Å². The molecule has 5 N–H and O–H groups in total. The molecule has 8 heteroatoms. The van der Waals surface area contributed by atoms with Gasteiger partial charge in [-0.05, 0) is 0 Å². The first kappa shape index (κ1) is 12.8. The molecule has 0 spiro atoms. The third-order valence-electron chi connectivity index (χ3n) is 2.40. The highest BCUT2D eigenvalue weighted by Crippen LogP contribution is 2.25. The van der Waals surface area contributed by atoms with E-state index in [9.17, 15) is 14.7 Å². The van der Waals surface area contributed by atoms with E-state index in [1.807, 2.05) is 0 Å². The standard InChI is InChI=1S/C8H12O8/c9-4-3(16-8(15)5(4)10)1-2(6(11)12)7(13)14/h2-5,8-10,15H,1H2,(H,11,12)(H,13,14)/t3-,4-,5+,8?/m1/s1. The summed E-state index contributed by atoms with van der Waals surface area (Å²) in [7, 11) is 0. The van der Waals surface area contributed by atoms with Crippen molar-refractivity contribution < 1.29 is 39.9 Å². The number of aliphatic hydroxyl groups is 3.